The van der Waals surface area contributed by atoms with E-state index in [0.29, 0.717) is 16.3 Å². The van der Waals surface area contributed by atoms with Gasteiger partial charge in [0.05, 0.1) is 17.9 Å². The highest BCUT2D eigenvalue weighted by atomic mass is 35.5. The van der Waals surface area contributed by atoms with Crippen molar-refractivity contribution in [2.45, 2.75) is 11.3 Å². The maximum atomic E-state index is 13.5. The third-order valence-corrected chi connectivity index (χ3v) is 4.42. The van der Waals surface area contributed by atoms with E-state index in [1.807, 2.05) is 18.2 Å². The number of carbonyl (C=O) groups excluding carboxylic acids is 1. The number of carbonyl (C=O) groups is 1. The van der Waals surface area contributed by atoms with Crippen LogP contribution in [0.1, 0.15) is 5.56 Å². The number of hydrogen-bond donors (Lipinski definition) is 0. The molecule has 21 heavy (non-hydrogen) atoms. The van der Waals surface area contributed by atoms with E-state index in [2.05, 4.69) is 0 Å². The Labute approximate surface area is 132 Å². The molecule has 0 heterocycles. The first-order valence-electron chi connectivity index (χ1n) is 6.31. The van der Waals surface area contributed by atoms with Crippen LogP contribution in [0, 0.1) is 5.82 Å². The summed E-state index contributed by atoms with van der Waals surface area (Å²) in [4.78, 5) is 12.8. The van der Waals surface area contributed by atoms with Crippen LogP contribution in [-0.2, 0) is 11.2 Å². The Bertz CT molecular complexity index is 646. The van der Waals surface area contributed by atoms with Gasteiger partial charge in [-0.25, -0.2) is 4.39 Å². The Kier molecular flexibility index (Phi) is 5.65. The number of rotatable bonds is 6. The van der Waals surface area contributed by atoms with Crippen LogP contribution in [-0.4, -0.2) is 18.6 Å². The van der Waals surface area contributed by atoms with Crippen molar-refractivity contribution in [1.82, 2.24) is 0 Å². The molecule has 0 saturated heterocycles. The molecule has 0 saturated carbocycles. The van der Waals surface area contributed by atoms with Crippen molar-refractivity contribution < 1.29 is 13.9 Å². The SMILES string of the molecule is COc1ccc(CC(=O)CSc2ccccc2Cl)cc1F. The molecule has 0 aliphatic carbocycles. The Morgan fingerprint density at radius 1 is 1.29 bits per heavy atom. The van der Waals surface area contributed by atoms with Gasteiger partial charge in [0, 0.05) is 11.3 Å². The summed E-state index contributed by atoms with van der Waals surface area (Å²) in [6.45, 7) is 0. The van der Waals surface area contributed by atoms with Gasteiger partial charge in [0.1, 0.15) is 5.78 Å². The lowest BCUT2D eigenvalue weighted by atomic mass is 10.1. The van der Waals surface area contributed by atoms with Crippen molar-refractivity contribution in [2.75, 3.05) is 12.9 Å². The number of benzene rings is 2. The fourth-order valence-electron chi connectivity index (χ4n) is 1.82. The molecule has 0 bridgehead atoms. The monoisotopic (exact) mass is 324 g/mol. The molecule has 0 unspecified atom stereocenters. The van der Waals surface area contributed by atoms with Crippen molar-refractivity contribution >= 4 is 29.1 Å². The van der Waals surface area contributed by atoms with E-state index in [9.17, 15) is 9.18 Å². The van der Waals surface area contributed by atoms with Gasteiger partial charge in [-0.3, -0.25) is 4.79 Å². The zero-order chi connectivity index (χ0) is 15.2. The number of thioether (sulfide) groups is 1. The second-order valence-corrected chi connectivity index (χ2v) is 5.83. The van der Waals surface area contributed by atoms with Crippen molar-refractivity contribution in [3.05, 3.63) is 58.9 Å². The fraction of sp³-hybridized carbons (Fsp3) is 0.188. The molecule has 0 aliphatic heterocycles. The molecule has 0 spiro atoms. The number of methoxy groups -OCH3 is 1. The number of hydrogen-bond acceptors (Lipinski definition) is 3. The number of Topliss-reactive ketones (excluding diaryl/α,β-unsaturated/α-hetero) is 1. The Morgan fingerprint density at radius 3 is 2.71 bits per heavy atom. The number of halogens is 2. The normalized spacial score (nSPS) is 10.4. The zero-order valence-corrected chi connectivity index (χ0v) is 13.0. The van der Waals surface area contributed by atoms with E-state index >= 15 is 0 Å². The number of ether oxygens (including phenoxy) is 1. The summed E-state index contributed by atoms with van der Waals surface area (Å²) < 4.78 is 18.4. The quantitative estimate of drug-likeness (QED) is 0.737. The molecular weight excluding hydrogens is 311 g/mol. The van der Waals surface area contributed by atoms with Crippen LogP contribution in [0.15, 0.2) is 47.4 Å². The average Bonchev–Trinajstić information content (AvgIpc) is 2.46. The molecule has 2 rings (SSSR count). The van der Waals surface area contributed by atoms with Gasteiger partial charge in [-0.2, -0.15) is 0 Å². The van der Waals surface area contributed by atoms with Crippen LogP contribution < -0.4 is 4.74 Å². The van der Waals surface area contributed by atoms with Gasteiger partial charge in [0.15, 0.2) is 11.6 Å². The second kappa shape index (κ2) is 7.48. The minimum Gasteiger partial charge on any atom is -0.494 e. The van der Waals surface area contributed by atoms with Crippen molar-refractivity contribution in [2.24, 2.45) is 0 Å². The van der Waals surface area contributed by atoms with Gasteiger partial charge >= 0.3 is 0 Å². The van der Waals surface area contributed by atoms with E-state index in [1.54, 1.807) is 12.1 Å². The lowest BCUT2D eigenvalue weighted by Gasteiger charge is -2.06. The summed E-state index contributed by atoms with van der Waals surface area (Å²) in [6, 6.07) is 11.9. The van der Waals surface area contributed by atoms with Crippen LogP contribution in [0.3, 0.4) is 0 Å². The van der Waals surface area contributed by atoms with Gasteiger partial charge in [0.2, 0.25) is 0 Å². The lowest BCUT2D eigenvalue weighted by molar-refractivity contribution is -0.116. The average molecular weight is 325 g/mol. The van der Waals surface area contributed by atoms with Crippen LogP contribution in [0.4, 0.5) is 4.39 Å². The van der Waals surface area contributed by atoms with Crippen molar-refractivity contribution in [1.29, 1.82) is 0 Å². The predicted molar refractivity (Wildman–Crippen MR) is 83.8 cm³/mol. The van der Waals surface area contributed by atoms with Crippen LogP contribution in [0.2, 0.25) is 5.02 Å². The molecule has 0 aliphatic rings. The fourth-order valence-corrected chi connectivity index (χ4v) is 2.92. The molecule has 0 fully saturated rings. The van der Waals surface area contributed by atoms with E-state index in [0.717, 1.165) is 4.90 Å². The van der Waals surface area contributed by atoms with E-state index in [4.69, 9.17) is 16.3 Å². The van der Waals surface area contributed by atoms with Gasteiger partial charge < -0.3 is 4.74 Å². The van der Waals surface area contributed by atoms with Crippen molar-refractivity contribution in [3.63, 3.8) is 0 Å². The third-order valence-electron chi connectivity index (χ3n) is 2.84. The van der Waals surface area contributed by atoms with E-state index in [-0.39, 0.29) is 18.0 Å². The standard InChI is InChI=1S/C16H14ClFO2S/c1-20-15-7-6-11(9-14(15)18)8-12(19)10-21-16-5-3-2-4-13(16)17/h2-7,9H,8,10H2,1H3. The van der Waals surface area contributed by atoms with E-state index in [1.165, 1.54) is 31.0 Å². The highest BCUT2D eigenvalue weighted by Crippen LogP contribution is 2.27. The highest BCUT2D eigenvalue weighted by Gasteiger charge is 2.09. The Morgan fingerprint density at radius 2 is 2.05 bits per heavy atom. The van der Waals surface area contributed by atoms with Crippen LogP contribution in [0.25, 0.3) is 0 Å². The highest BCUT2D eigenvalue weighted by molar-refractivity contribution is 8.00. The van der Waals surface area contributed by atoms with Crippen LogP contribution in [0.5, 0.6) is 5.75 Å². The molecule has 2 aromatic carbocycles. The minimum absolute atomic E-state index is 0.0180. The summed E-state index contributed by atoms with van der Waals surface area (Å²) in [5.74, 6) is 0.0416. The van der Waals surface area contributed by atoms with Gasteiger partial charge in [0.25, 0.3) is 0 Å². The summed E-state index contributed by atoms with van der Waals surface area (Å²) in [6.07, 6.45) is 0.193. The molecule has 2 aromatic rings. The first-order chi connectivity index (χ1) is 10.1. The largest absolute Gasteiger partial charge is 0.494 e. The third kappa shape index (κ3) is 4.48. The van der Waals surface area contributed by atoms with E-state index < -0.39 is 5.82 Å². The molecule has 0 N–H and O–H groups in total. The van der Waals surface area contributed by atoms with Crippen LogP contribution >= 0.6 is 23.4 Å². The first-order valence-corrected chi connectivity index (χ1v) is 7.68. The summed E-state index contributed by atoms with van der Waals surface area (Å²) >= 11 is 7.41. The molecular formula is C16H14ClFO2S. The second-order valence-electron chi connectivity index (χ2n) is 4.40. The molecule has 0 radical (unpaired) electrons. The van der Waals surface area contributed by atoms with Crippen molar-refractivity contribution in [3.8, 4) is 5.75 Å². The van der Waals surface area contributed by atoms with Gasteiger partial charge in [-0.05, 0) is 29.8 Å². The number of ketones is 1. The summed E-state index contributed by atoms with van der Waals surface area (Å²) in [7, 11) is 1.41. The zero-order valence-electron chi connectivity index (χ0n) is 11.4. The smallest absolute Gasteiger partial charge is 0.165 e. The maximum Gasteiger partial charge on any atom is 0.165 e. The summed E-state index contributed by atoms with van der Waals surface area (Å²) in [5.41, 5.74) is 0.637. The first kappa shape index (κ1) is 15.9. The molecule has 0 atom stereocenters. The molecule has 0 amide bonds. The topological polar surface area (TPSA) is 26.3 Å². The Hall–Kier alpha value is -1.52. The molecule has 110 valence electrons. The van der Waals surface area contributed by atoms with Gasteiger partial charge in [-0.15, -0.1) is 11.8 Å². The van der Waals surface area contributed by atoms with Gasteiger partial charge in [-0.1, -0.05) is 29.8 Å². The molecule has 5 heteroatoms. The maximum absolute atomic E-state index is 13.5. The Balaban J connectivity index is 1.93. The predicted octanol–water partition coefficient (Wildman–Crippen LogP) is 4.39. The molecule has 0 aromatic heterocycles. The minimum atomic E-state index is -0.457. The lowest BCUT2D eigenvalue weighted by Crippen LogP contribution is -2.06. The summed E-state index contributed by atoms with van der Waals surface area (Å²) in [5, 5.41) is 0.630. The molecule has 2 nitrogen and oxygen atoms in total.